The molecule has 4 aromatic rings. The molecule has 2 N–H and O–H groups in total. The van der Waals surface area contributed by atoms with Crippen molar-refractivity contribution in [3.8, 4) is 17.1 Å². The van der Waals surface area contributed by atoms with Crippen LogP contribution < -0.4 is 11.0 Å². The van der Waals surface area contributed by atoms with Gasteiger partial charge in [-0.3, -0.25) is 9.36 Å². The van der Waals surface area contributed by atoms with Crippen LogP contribution in [0.5, 0.6) is 0 Å². The molecule has 0 aliphatic heterocycles. The Morgan fingerprint density at radius 3 is 2.21 bits per heavy atom. The van der Waals surface area contributed by atoms with Crippen LogP contribution in [0.4, 0.5) is 26.3 Å². The Balaban J connectivity index is 1.84. The van der Waals surface area contributed by atoms with E-state index in [0.717, 1.165) is 9.36 Å². The first-order chi connectivity index (χ1) is 21.7. The number of hydrogen-bond acceptors (Lipinski definition) is 7. The second kappa shape index (κ2) is 13.7. The van der Waals surface area contributed by atoms with Crippen LogP contribution in [0, 0.1) is 0 Å². The van der Waals surface area contributed by atoms with Gasteiger partial charge >= 0.3 is 23.9 Å². The van der Waals surface area contributed by atoms with Gasteiger partial charge in [0.15, 0.2) is 23.6 Å². The highest BCUT2D eigenvalue weighted by atomic mass is 35.5. The number of halogens is 8. The number of rotatable bonds is 10. The van der Waals surface area contributed by atoms with E-state index in [2.05, 4.69) is 15.2 Å². The van der Waals surface area contributed by atoms with Gasteiger partial charge in [-0.15, -0.1) is 10.2 Å². The maximum Gasteiger partial charge on any atom is 0.471 e. The van der Waals surface area contributed by atoms with E-state index in [9.17, 15) is 41.0 Å². The fourth-order valence-electron chi connectivity index (χ4n) is 4.15. The number of nitrogens with one attached hydrogen (secondary N) is 1. The molecule has 4 rings (SSSR count). The van der Waals surface area contributed by atoms with E-state index in [4.69, 9.17) is 27.9 Å². The number of hydrogen-bond donors (Lipinski definition) is 2. The molecule has 2 heterocycles. The van der Waals surface area contributed by atoms with Gasteiger partial charge in [0.2, 0.25) is 0 Å². The number of ether oxygens (including phenoxy) is 1. The molecule has 2 aromatic heterocycles. The van der Waals surface area contributed by atoms with Gasteiger partial charge < -0.3 is 15.2 Å². The summed E-state index contributed by atoms with van der Waals surface area (Å²) in [6.45, 7) is 2.60. The fourth-order valence-corrected chi connectivity index (χ4v) is 4.49. The van der Waals surface area contributed by atoms with Gasteiger partial charge in [-0.05, 0) is 57.2 Å². The SMILES string of the molecule is CC(C)(C)OCC(NC(=O)C(F)(F)F)c1nc(Cn2nc(-c3ccc(Cl)cc3)n(C[C@H](O)C(F)(F)F)c2=O)nn1-c1ccccc1Cl. The van der Waals surface area contributed by atoms with E-state index >= 15 is 0 Å². The summed E-state index contributed by atoms with van der Waals surface area (Å²) in [6.07, 6.45) is -13.3. The molecule has 0 spiro atoms. The average molecular weight is 710 g/mol. The molecule has 0 radical (unpaired) electrons. The van der Waals surface area contributed by atoms with Gasteiger partial charge in [0.1, 0.15) is 12.6 Å². The van der Waals surface area contributed by atoms with Crippen molar-refractivity contribution in [2.75, 3.05) is 6.61 Å². The number of aliphatic hydroxyl groups is 1. The van der Waals surface area contributed by atoms with Crippen molar-refractivity contribution in [2.24, 2.45) is 0 Å². The lowest BCUT2D eigenvalue weighted by Crippen LogP contribution is -2.42. The van der Waals surface area contributed by atoms with E-state index < -0.39 is 61.4 Å². The molecule has 1 amide bonds. The normalized spacial score (nSPS) is 13.9. The molecule has 2 atom stereocenters. The maximum atomic E-state index is 13.4. The Hall–Kier alpha value is -3.93. The molecular weight excluding hydrogens is 683 g/mol. The van der Waals surface area contributed by atoms with E-state index in [-0.39, 0.29) is 33.7 Å². The van der Waals surface area contributed by atoms with Crippen LogP contribution in [-0.2, 0) is 22.6 Å². The fraction of sp³-hybridized carbons (Fsp3) is 0.393. The summed E-state index contributed by atoms with van der Waals surface area (Å²) in [5.41, 5.74) is -1.63. The third-order valence-electron chi connectivity index (χ3n) is 6.36. The minimum absolute atomic E-state index is 0.0930. The maximum absolute atomic E-state index is 13.4. The first-order valence-corrected chi connectivity index (χ1v) is 14.4. The third kappa shape index (κ3) is 8.91. The molecule has 0 bridgehead atoms. The lowest BCUT2D eigenvalue weighted by Gasteiger charge is -2.25. The monoisotopic (exact) mass is 709 g/mol. The Bertz CT molecular complexity index is 1780. The Kier molecular flexibility index (Phi) is 10.4. The standard InChI is InChI=1S/C28H27Cl2F6N7O4/c1-26(2,3)47-14-18(37-24(45)28(34,35)36)23-38-21(39-43(23)19-7-5-4-6-17(19)30)13-42-25(46)41(12-20(44)27(31,32)33)22(40-42)15-8-10-16(29)11-9-15/h4-11,18,20,44H,12-14H2,1-3H3,(H,37,45)/t18?,20-/m0/s1. The predicted molar refractivity (Wildman–Crippen MR) is 157 cm³/mol. The van der Waals surface area contributed by atoms with Crippen molar-refractivity contribution < 1.29 is 41.0 Å². The molecule has 2 aromatic carbocycles. The lowest BCUT2D eigenvalue weighted by molar-refractivity contribution is -0.207. The van der Waals surface area contributed by atoms with E-state index in [0.29, 0.717) is 9.59 Å². The van der Waals surface area contributed by atoms with E-state index in [1.54, 1.807) is 32.9 Å². The van der Waals surface area contributed by atoms with Crippen LogP contribution >= 0.6 is 23.2 Å². The second-order valence-corrected chi connectivity index (χ2v) is 12.0. The zero-order valence-electron chi connectivity index (χ0n) is 24.8. The molecular formula is C28H27Cl2F6N7O4. The van der Waals surface area contributed by atoms with Crippen molar-refractivity contribution in [3.63, 3.8) is 0 Å². The first-order valence-electron chi connectivity index (χ1n) is 13.7. The molecule has 0 aliphatic carbocycles. The molecule has 11 nitrogen and oxygen atoms in total. The van der Waals surface area contributed by atoms with Crippen LogP contribution in [0.3, 0.4) is 0 Å². The number of carbonyl (C=O) groups is 1. The van der Waals surface area contributed by atoms with Crippen LogP contribution in [0.1, 0.15) is 38.5 Å². The lowest BCUT2D eigenvalue weighted by atomic mass is 10.2. The topological polar surface area (TPSA) is 129 Å². The molecule has 0 fully saturated rings. The largest absolute Gasteiger partial charge is 0.471 e. The second-order valence-electron chi connectivity index (χ2n) is 11.1. The number of alkyl halides is 6. The molecule has 0 saturated heterocycles. The van der Waals surface area contributed by atoms with Crippen LogP contribution in [0.2, 0.25) is 10.0 Å². The van der Waals surface area contributed by atoms with Crippen LogP contribution in [-0.4, -0.2) is 70.8 Å². The first kappa shape index (κ1) is 35.9. The molecule has 19 heteroatoms. The third-order valence-corrected chi connectivity index (χ3v) is 6.94. The van der Waals surface area contributed by atoms with E-state index in [1.807, 2.05) is 5.32 Å². The van der Waals surface area contributed by atoms with Crippen molar-refractivity contribution in [1.29, 1.82) is 0 Å². The van der Waals surface area contributed by atoms with Crippen molar-refractivity contribution in [2.45, 2.75) is 64.0 Å². The summed E-state index contributed by atoms with van der Waals surface area (Å²) in [5.74, 6) is -3.06. The molecule has 47 heavy (non-hydrogen) atoms. The zero-order valence-corrected chi connectivity index (χ0v) is 26.3. The average Bonchev–Trinajstić information content (AvgIpc) is 3.51. The van der Waals surface area contributed by atoms with Crippen molar-refractivity contribution in [1.82, 2.24) is 34.4 Å². The highest BCUT2D eigenvalue weighted by Crippen LogP contribution is 2.27. The van der Waals surface area contributed by atoms with Gasteiger partial charge in [0.25, 0.3) is 0 Å². The van der Waals surface area contributed by atoms with E-state index in [1.165, 1.54) is 36.4 Å². The smallest absolute Gasteiger partial charge is 0.382 e. The molecule has 0 aliphatic rings. The molecule has 0 saturated carbocycles. The zero-order chi connectivity index (χ0) is 34.9. The predicted octanol–water partition coefficient (Wildman–Crippen LogP) is 5.11. The highest BCUT2D eigenvalue weighted by Gasteiger charge is 2.42. The highest BCUT2D eigenvalue weighted by molar-refractivity contribution is 6.32. The summed E-state index contributed by atoms with van der Waals surface area (Å²) in [6, 6.07) is 10.1. The summed E-state index contributed by atoms with van der Waals surface area (Å²) >= 11 is 12.3. The number of benzene rings is 2. The number of para-hydroxylation sites is 1. The number of amides is 1. The summed E-state index contributed by atoms with van der Waals surface area (Å²) in [5, 5.41) is 20.5. The molecule has 254 valence electrons. The number of carbonyl (C=O) groups excluding carboxylic acids is 1. The Morgan fingerprint density at radius 1 is 1.00 bits per heavy atom. The minimum Gasteiger partial charge on any atom is -0.382 e. The summed E-state index contributed by atoms with van der Waals surface area (Å²) < 4.78 is 87.9. The van der Waals surface area contributed by atoms with Crippen molar-refractivity contribution >= 4 is 29.1 Å². The quantitative estimate of drug-likeness (QED) is 0.219. The van der Waals surface area contributed by atoms with Crippen LogP contribution in [0.15, 0.2) is 53.3 Å². The van der Waals surface area contributed by atoms with Gasteiger partial charge in [0, 0.05) is 10.6 Å². The number of nitrogens with zero attached hydrogens (tertiary/aromatic N) is 6. The summed E-state index contributed by atoms with van der Waals surface area (Å²) in [7, 11) is 0. The minimum atomic E-state index is -5.27. The molecule has 1 unspecified atom stereocenters. The summed E-state index contributed by atoms with van der Waals surface area (Å²) in [4.78, 5) is 29.7. The van der Waals surface area contributed by atoms with Gasteiger partial charge in [-0.25, -0.2) is 19.1 Å². The van der Waals surface area contributed by atoms with Crippen LogP contribution in [0.25, 0.3) is 17.1 Å². The Labute approximate surface area is 272 Å². The number of aromatic nitrogens is 6. The van der Waals surface area contributed by atoms with Crippen molar-refractivity contribution in [3.05, 3.63) is 80.7 Å². The Morgan fingerprint density at radius 2 is 1.64 bits per heavy atom. The van der Waals surface area contributed by atoms with Gasteiger partial charge in [-0.2, -0.15) is 26.3 Å². The number of aliphatic hydroxyl groups excluding tert-OH is 1. The van der Waals surface area contributed by atoms with Gasteiger partial charge in [0.05, 0.1) is 29.5 Å². The van der Waals surface area contributed by atoms with Gasteiger partial charge in [-0.1, -0.05) is 35.3 Å².